The van der Waals surface area contributed by atoms with Gasteiger partial charge in [-0.1, -0.05) is 27.2 Å². The molecule has 0 unspecified atom stereocenters. The van der Waals surface area contributed by atoms with Crippen molar-refractivity contribution in [2.24, 2.45) is 5.92 Å². The van der Waals surface area contributed by atoms with Crippen molar-refractivity contribution in [3.8, 4) is 0 Å². The van der Waals surface area contributed by atoms with Gasteiger partial charge >= 0.3 is 0 Å². The van der Waals surface area contributed by atoms with Gasteiger partial charge in [-0.25, -0.2) is 4.98 Å². The van der Waals surface area contributed by atoms with Gasteiger partial charge in [0, 0.05) is 18.3 Å². The quantitative estimate of drug-likeness (QED) is 0.766. The standard InChI is InChI=1S/C13H23N3O/c1-4-5-6-11-9-12(17)16-13(15-11)14-8-7-10(2)3/h9-10H,4-8H2,1-3H3,(H2,14,15,16,17). The average molecular weight is 237 g/mol. The van der Waals surface area contributed by atoms with E-state index in [0.717, 1.165) is 37.9 Å². The second-order valence-corrected chi connectivity index (χ2v) is 4.80. The zero-order valence-corrected chi connectivity index (χ0v) is 11.0. The number of anilines is 1. The number of H-pyrrole nitrogens is 1. The molecule has 0 bridgehead atoms. The van der Waals surface area contributed by atoms with E-state index in [2.05, 4.69) is 36.1 Å². The molecule has 2 N–H and O–H groups in total. The first-order valence-corrected chi connectivity index (χ1v) is 6.46. The number of hydrogen-bond donors (Lipinski definition) is 2. The van der Waals surface area contributed by atoms with Crippen molar-refractivity contribution in [1.29, 1.82) is 0 Å². The summed E-state index contributed by atoms with van der Waals surface area (Å²) in [4.78, 5) is 18.6. The molecule has 0 amide bonds. The van der Waals surface area contributed by atoms with Gasteiger partial charge in [0.2, 0.25) is 5.95 Å². The van der Waals surface area contributed by atoms with Crippen LogP contribution in [-0.2, 0) is 6.42 Å². The number of rotatable bonds is 7. The van der Waals surface area contributed by atoms with Gasteiger partial charge in [-0.15, -0.1) is 0 Å². The summed E-state index contributed by atoms with van der Waals surface area (Å²) in [7, 11) is 0. The molecule has 1 aromatic rings. The zero-order chi connectivity index (χ0) is 12.7. The second-order valence-electron chi connectivity index (χ2n) is 4.80. The first-order valence-electron chi connectivity index (χ1n) is 6.46. The topological polar surface area (TPSA) is 57.8 Å². The minimum absolute atomic E-state index is 0.0712. The highest BCUT2D eigenvalue weighted by atomic mass is 16.1. The number of nitrogens with one attached hydrogen (secondary N) is 2. The van der Waals surface area contributed by atoms with Gasteiger partial charge in [0.25, 0.3) is 5.56 Å². The summed E-state index contributed by atoms with van der Waals surface area (Å²) in [5.74, 6) is 1.25. The predicted octanol–water partition coefficient (Wildman–Crippen LogP) is 2.57. The van der Waals surface area contributed by atoms with E-state index in [4.69, 9.17) is 0 Å². The average Bonchev–Trinajstić information content (AvgIpc) is 2.25. The first-order chi connectivity index (χ1) is 8.11. The van der Waals surface area contributed by atoms with Crippen LogP contribution < -0.4 is 10.9 Å². The SMILES string of the molecule is CCCCc1cc(=O)[nH]c(NCCC(C)C)n1. The lowest BCUT2D eigenvalue weighted by Crippen LogP contribution is -2.15. The summed E-state index contributed by atoms with van der Waals surface area (Å²) in [6, 6.07) is 1.59. The van der Waals surface area contributed by atoms with Crippen LogP contribution in [0.1, 0.15) is 45.7 Å². The van der Waals surface area contributed by atoms with Crippen molar-refractivity contribution < 1.29 is 0 Å². The van der Waals surface area contributed by atoms with Crippen LogP contribution in [-0.4, -0.2) is 16.5 Å². The third kappa shape index (κ3) is 5.52. The van der Waals surface area contributed by atoms with E-state index in [9.17, 15) is 4.79 Å². The maximum absolute atomic E-state index is 11.4. The van der Waals surface area contributed by atoms with Crippen molar-refractivity contribution in [2.45, 2.75) is 46.5 Å². The first kappa shape index (κ1) is 13.7. The molecule has 0 aliphatic carbocycles. The van der Waals surface area contributed by atoms with Crippen molar-refractivity contribution >= 4 is 5.95 Å². The van der Waals surface area contributed by atoms with Crippen LogP contribution in [0.25, 0.3) is 0 Å². The maximum atomic E-state index is 11.4. The molecule has 0 spiro atoms. The number of hydrogen-bond acceptors (Lipinski definition) is 3. The monoisotopic (exact) mass is 237 g/mol. The van der Waals surface area contributed by atoms with Crippen molar-refractivity contribution in [3.63, 3.8) is 0 Å². The fraction of sp³-hybridized carbons (Fsp3) is 0.692. The Morgan fingerprint density at radius 3 is 2.88 bits per heavy atom. The van der Waals surface area contributed by atoms with Crippen LogP contribution in [0.5, 0.6) is 0 Å². The number of aromatic nitrogens is 2. The Morgan fingerprint density at radius 2 is 2.24 bits per heavy atom. The highest BCUT2D eigenvalue weighted by Crippen LogP contribution is 2.04. The van der Waals surface area contributed by atoms with E-state index in [1.807, 2.05) is 0 Å². The molecule has 0 atom stereocenters. The van der Waals surface area contributed by atoms with Crippen LogP contribution in [0.2, 0.25) is 0 Å². The number of nitrogens with zero attached hydrogens (tertiary/aromatic N) is 1. The normalized spacial score (nSPS) is 10.8. The van der Waals surface area contributed by atoms with E-state index in [1.165, 1.54) is 0 Å². The van der Waals surface area contributed by atoms with Crippen molar-refractivity contribution in [3.05, 3.63) is 22.1 Å². The van der Waals surface area contributed by atoms with E-state index in [-0.39, 0.29) is 5.56 Å². The van der Waals surface area contributed by atoms with Crippen LogP contribution in [0, 0.1) is 5.92 Å². The highest BCUT2D eigenvalue weighted by Gasteiger charge is 2.01. The molecule has 0 saturated heterocycles. The molecule has 96 valence electrons. The Morgan fingerprint density at radius 1 is 1.47 bits per heavy atom. The lowest BCUT2D eigenvalue weighted by atomic mass is 10.1. The van der Waals surface area contributed by atoms with Gasteiger partial charge in [0.15, 0.2) is 0 Å². The lowest BCUT2D eigenvalue weighted by Gasteiger charge is -2.08. The van der Waals surface area contributed by atoms with Gasteiger partial charge in [0.05, 0.1) is 0 Å². The van der Waals surface area contributed by atoms with Crippen LogP contribution in [0.3, 0.4) is 0 Å². The molecule has 0 fully saturated rings. The Balaban J connectivity index is 2.59. The fourth-order valence-electron chi connectivity index (χ4n) is 1.56. The van der Waals surface area contributed by atoms with Crippen molar-refractivity contribution in [1.82, 2.24) is 9.97 Å². The molecule has 1 rings (SSSR count). The van der Waals surface area contributed by atoms with E-state index < -0.39 is 0 Å². The summed E-state index contributed by atoms with van der Waals surface area (Å²) in [6.07, 6.45) is 4.13. The highest BCUT2D eigenvalue weighted by molar-refractivity contribution is 5.24. The van der Waals surface area contributed by atoms with Gasteiger partial charge < -0.3 is 5.32 Å². The fourth-order valence-corrected chi connectivity index (χ4v) is 1.56. The van der Waals surface area contributed by atoms with Crippen LogP contribution in [0.15, 0.2) is 10.9 Å². The molecular weight excluding hydrogens is 214 g/mol. The Hall–Kier alpha value is -1.32. The maximum Gasteiger partial charge on any atom is 0.252 e. The third-order valence-electron chi connectivity index (χ3n) is 2.60. The molecule has 4 nitrogen and oxygen atoms in total. The third-order valence-corrected chi connectivity index (χ3v) is 2.60. The Labute approximate surface area is 103 Å². The van der Waals surface area contributed by atoms with Crippen molar-refractivity contribution in [2.75, 3.05) is 11.9 Å². The zero-order valence-electron chi connectivity index (χ0n) is 11.0. The number of aryl methyl sites for hydroxylation is 1. The molecule has 0 saturated carbocycles. The van der Waals surface area contributed by atoms with Crippen LogP contribution >= 0.6 is 0 Å². The predicted molar refractivity (Wildman–Crippen MR) is 71.4 cm³/mol. The largest absolute Gasteiger partial charge is 0.356 e. The molecule has 17 heavy (non-hydrogen) atoms. The molecule has 0 radical (unpaired) electrons. The van der Waals surface area contributed by atoms with E-state index in [0.29, 0.717) is 11.9 Å². The summed E-state index contributed by atoms with van der Waals surface area (Å²) in [5, 5.41) is 3.17. The summed E-state index contributed by atoms with van der Waals surface area (Å²) in [5.41, 5.74) is 0.806. The number of aromatic amines is 1. The number of unbranched alkanes of at least 4 members (excludes halogenated alkanes) is 1. The van der Waals surface area contributed by atoms with E-state index >= 15 is 0 Å². The molecule has 0 aliphatic heterocycles. The molecular formula is C13H23N3O. The molecule has 1 aromatic heterocycles. The minimum atomic E-state index is -0.0712. The summed E-state index contributed by atoms with van der Waals surface area (Å²) >= 11 is 0. The molecule has 0 aliphatic rings. The second kappa shape index (κ2) is 7.09. The van der Waals surface area contributed by atoms with Gasteiger partial charge in [-0.2, -0.15) is 0 Å². The lowest BCUT2D eigenvalue weighted by molar-refractivity contribution is 0.605. The molecule has 4 heteroatoms. The van der Waals surface area contributed by atoms with Gasteiger partial charge in [0.1, 0.15) is 0 Å². The van der Waals surface area contributed by atoms with Gasteiger partial charge in [-0.3, -0.25) is 9.78 Å². The van der Waals surface area contributed by atoms with Gasteiger partial charge in [-0.05, 0) is 25.2 Å². The summed E-state index contributed by atoms with van der Waals surface area (Å²) in [6.45, 7) is 7.33. The Kier molecular flexibility index (Phi) is 5.73. The summed E-state index contributed by atoms with van der Waals surface area (Å²) < 4.78 is 0. The minimum Gasteiger partial charge on any atom is -0.356 e. The van der Waals surface area contributed by atoms with E-state index in [1.54, 1.807) is 6.07 Å². The van der Waals surface area contributed by atoms with Crippen LogP contribution in [0.4, 0.5) is 5.95 Å². The smallest absolute Gasteiger partial charge is 0.252 e. The molecule has 1 heterocycles. The Bertz CT molecular complexity index is 384. The molecule has 0 aromatic carbocycles.